The van der Waals surface area contributed by atoms with Gasteiger partial charge in [-0.25, -0.2) is 0 Å². The summed E-state index contributed by atoms with van der Waals surface area (Å²) < 4.78 is 1.97. The molecule has 2 aliphatic rings. The van der Waals surface area contributed by atoms with Crippen molar-refractivity contribution >= 4 is 16.3 Å². The lowest BCUT2D eigenvalue weighted by Crippen LogP contribution is -2.30. The van der Waals surface area contributed by atoms with Crippen LogP contribution in [0.2, 0.25) is 0 Å². The molecule has 2 unspecified atom stereocenters. The molecule has 2 atom stereocenters. The molecule has 2 aromatic rings. The fraction of sp³-hybridized carbons (Fsp3) is 0.750. The fourth-order valence-electron chi connectivity index (χ4n) is 2.68. The van der Waals surface area contributed by atoms with Gasteiger partial charge in [0.25, 0.3) is 0 Å². The minimum Gasteiger partial charge on any atom is -0.308 e. The summed E-state index contributed by atoms with van der Waals surface area (Å²) in [7, 11) is 0. The van der Waals surface area contributed by atoms with E-state index in [0.29, 0.717) is 12.0 Å². The van der Waals surface area contributed by atoms with E-state index in [1.807, 2.05) is 4.52 Å². The Morgan fingerprint density at radius 3 is 2.94 bits per heavy atom. The first kappa shape index (κ1) is 10.9. The summed E-state index contributed by atoms with van der Waals surface area (Å²) in [5.41, 5.74) is 0. The second kappa shape index (κ2) is 3.99. The smallest absolute Gasteiger partial charge is 0.234 e. The molecule has 1 N–H and O–H groups in total. The first-order valence-electron chi connectivity index (χ1n) is 6.76. The predicted molar refractivity (Wildman–Crippen MR) is 69.8 cm³/mol. The number of rotatable bonds is 2. The van der Waals surface area contributed by atoms with Gasteiger partial charge in [0.05, 0.1) is 6.04 Å². The number of aromatic nitrogens is 4. The van der Waals surface area contributed by atoms with Crippen LogP contribution < -0.4 is 5.32 Å². The molecule has 0 amide bonds. The molecule has 4 rings (SSSR count). The number of nitrogens with one attached hydrogen (secondary N) is 1. The van der Waals surface area contributed by atoms with Crippen LogP contribution in [0, 0.1) is 5.92 Å². The highest BCUT2D eigenvalue weighted by Gasteiger charge is 2.31. The maximum absolute atomic E-state index is 4.74. The highest BCUT2D eigenvalue weighted by atomic mass is 32.1. The van der Waals surface area contributed by atoms with Crippen molar-refractivity contribution < 1.29 is 0 Å². The number of nitrogens with zero attached hydrogens (tertiary/aromatic N) is 4. The molecule has 1 saturated carbocycles. The van der Waals surface area contributed by atoms with Crippen molar-refractivity contribution in [3.8, 4) is 0 Å². The van der Waals surface area contributed by atoms with E-state index in [1.165, 1.54) is 30.7 Å². The third kappa shape index (κ3) is 1.75. The summed E-state index contributed by atoms with van der Waals surface area (Å²) >= 11 is 1.69. The fourth-order valence-corrected chi connectivity index (χ4v) is 3.61. The Morgan fingerprint density at radius 1 is 1.28 bits per heavy atom. The zero-order chi connectivity index (χ0) is 12.1. The van der Waals surface area contributed by atoms with E-state index in [9.17, 15) is 0 Å². The van der Waals surface area contributed by atoms with Crippen LogP contribution in [0.1, 0.15) is 55.4 Å². The molecule has 5 nitrogen and oxygen atoms in total. The van der Waals surface area contributed by atoms with Crippen molar-refractivity contribution in [3.05, 3.63) is 10.8 Å². The zero-order valence-electron chi connectivity index (χ0n) is 10.5. The van der Waals surface area contributed by atoms with Gasteiger partial charge in [-0.2, -0.15) is 9.61 Å². The van der Waals surface area contributed by atoms with Crippen LogP contribution in [-0.4, -0.2) is 26.4 Å². The van der Waals surface area contributed by atoms with Crippen LogP contribution >= 0.6 is 11.3 Å². The summed E-state index contributed by atoms with van der Waals surface area (Å²) in [6.07, 6.45) is 4.94. The van der Waals surface area contributed by atoms with Gasteiger partial charge in [0.1, 0.15) is 5.01 Å². The number of piperidine rings is 1. The van der Waals surface area contributed by atoms with E-state index in [1.54, 1.807) is 11.3 Å². The first-order valence-corrected chi connectivity index (χ1v) is 7.58. The van der Waals surface area contributed by atoms with Gasteiger partial charge < -0.3 is 5.32 Å². The minimum atomic E-state index is 0.410. The predicted octanol–water partition coefficient (Wildman–Crippen LogP) is 2.12. The molecule has 3 heterocycles. The topological polar surface area (TPSA) is 55.1 Å². The number of hydrogen-bond acceptors (Lipinski definition) is 5. The second-order valence-corrected chi connectivity index (χ2v) is 6.59. The Morgan fingerprint density at radius 2 is 2.17 bits per heavy atom. The van der Waals surface area contributed by atoms with E-state index in [0.717, 1.165) is 23.2 Å². The lowest BCUT2D eigenvalue weighted by Gasteiger charge is -2.26. The molecular weight excluding hydrogens is 246 g/mol. The quantitative estimate of drug-likeness (QED) is 0.901. The van der Waals surface area contributed by atoms with Crippen molar-refractivity contribution in [2.75, 3.05) is 6.54 Å². The van der Waals surface area contributed by atoms with Crippen molar-refractivity contribution in [1.82, 2.24) is 25.1 Å². The molecule has 0 radical (unpaired) electrons. The van der Waals surface area contributed by atoms with Gasteiger partial charge in [-0.15, -0.1) is 10.2 Å². The monoisotopic (exact) mass is 263 g/mol. The third-order valence-corrected chi connectivity index (χ3v) is 4.95. The third-order valence-electron chi connectivity index (χ3n) is 3.94. The van der Waals surface area contributed by atoms with Crippen molar-refractivity contribution in [1.29, 1.82) is 0 Å². The molecule has 1 aliphatic heterocycles. The highest BCUT2D eigenvalue weighted by Crippen LogP contribution is 2.39. The van der Waals surface area contributed by atoms with E-state index in [4.69, 9.17) is 5.10 Å². The largest absolute Gasteiger partial charge is 0.308 e. The molecule has 1 aliphatic carbocycles. The molecular formula is C12H17N5S. The summed E-state index contributed by atoms with van der Waals surface area (Å²) in [6, 6.07) is 0.410. The van der Waals surface area contributed by atoms with Crippen LogP contribution in [0.4, 0.5) is 0 Å². The van der Waals surface area contributed by atoms with Crippen LogP contribution in [0.25, 0.3) is 4.96 Å². The summed E-state index contributed by atoms with van der Waals surface area (Å²) in [4.78, 5) is 0.951. The van der Waals surface area contributed by atoms with Gasteiger partial charge >= 0.3 is 0 Å². The standard InChI is InChI=1S/C12H17N5S/c1-7-4-5-13-9(6-7)11-16-17-10(8-2-3-8)14-15-12(17)18-11/h7-9,13H,2-6H2,1H3. The zero-order valence-corrected chi connectivity index (χ0v) is 11.3. The van der Waals surface area contributed by atoms with E-state index in [2.05, 4.69) is 22.4 Å². The first-order chi connectivity index (χ1) is 8.81. The summed E-state index contributed by atoms with van der Waals surface area (Å²) in [5, 5.41) is 18.0. The SMILES string of the molecule is CC1CCNC(c2nn3c(C4CC4)nnc3s2)C1. The van der Waals surface area contributed by atoms with Crippen LogP contribution in [0.3, 0.4) is 0 Å². The second-order valence-electron chi connectivity index (χ2n) is 5.60. The Balaban J connectivity index is 1.68. The average molecular weight is 263 g/mol. The van der Waals surface area contributed by atoms with Crippen molar-refractivity contribution in [3.63, 3.8) is 0 Å². The minimum absolute atomic E-state index is 0.410. The normalized spacial score (nSPS) is 28.9. The van der Waals surface area contributed by atoms with E-state index in [-0.39, 0.29) is 0 Å². The molecule has 0 aromatic carbocycles. The van der Waals surface area contributed by atoms with Gasteiger partial charge in [-0.1, -0.05) is 18.3 Å². The summed E-state index contributed by atoms with van der Waals surface area (Å²) in [5.74, 6) is 2.46. The molecule has 1 saturated heterocycles. The molecule has 2 fully saturated rings. The van der Waals surface area contributed by atoms with Crippen molar-refractivity contribution in [2.24, 2.45) is 5.92 Å². The van der Waals surface area contributed by atoms with Gasteiger partial charge in [0, 0.05) is 5.92 Å². The molecule has 0 spiro atoms. The van der Waals surface area contributed by atoms with Crippen LogP contribution in [0.5, 0.6) is 0 Å². The maximum atomic E-state index is 4.74. The molecule has 6 heteroatoms. The summed E-state index contributed by atoms with van der Waals surface area (Å²) in [6.45, 7) is 3.42. The molecule has 2 aromatic heterocycles. The Labute approximate surface area is 110 Å². The molecule has 0 bridgehead atoms. The molecule has 96 valence electrons. The van der Waals surface area contributed by atoms with Gasteiger partial charge in [0.2, 0.25) is 4.96 Å². The van der Waals surface area contributed by atoms with Gasteiger partial charge in [-0.05, 0) is 38.1 Å². The lowest BCUT2D eigenvalue weighted by molar-refractivity contribution is 0.323. The van der Waals surface area contributed by atoms with Crippen molar-refractivity contribution in [2.45, 2.75) is 44.6 Å². The molecule has 18 heavy (non-hydrogen) atoms. The van der Waals surface area contributed by atoms with Crippen LogP contribution in [-0.2, 0) is 0 Å². The van der Waals surface area contributed by atoms with E-state index >= 15 is 0 Å². The number of hydrogen-bond donors (Lipinski definition) is 1. The Bertz CT molecular complexity index is 570. The van der Waals surface area contributed by atoms with Gasteiger partial charge in [0.15, 0.2) is 5.82 Å². The average Bonchev–Trinajstić information content (AvgIpc) is 2.99. The Hall–Kier alpha value is -1.01. The lowest BCUT2D eigenvalue weighted by atomic mass is 9.95. The number of fused-ring (bicyclic) bond motifs is 1. The van der Waals surface area contributed by atoms with Crippen LogP contribution in [0.15, 0.2) is 0 Å². The van der Waals surface area contributed by atoms with Gasteiger partial charge in [-0.3, -0.25) is 0 Å². The highest BCUT2D eigenvalue weighted by molar-refractivity contribution is 7.16. The maximum Gasteiger partial charge on any atom is 0.234 e. The Kier molecular flexibility index (Phi) is 2.41. The van der Waals surface area contributed by atoms with E-state index < -0.39 is 0 Å².